The molecule has 2 heterocycles. The molecule has 1 unspecified atom stereocenters. The number of ether oxygens (including phenoxy) is 1. The van der Waals surface area contributed by atoms with Gasteiger partial charge in [-0.3, -0.25) is 4.79 Å². The Labute approximate surface area is 204 Å². The molecule has 5 rings (SSSR count). The first-order chi connectivity index (χ1) is 16.1. The van der Waals surface area contributed by atoms with Crippen LogP contribution in [0.3, 0.4) is 0 Å². The summed E-state index contributed by atoms with van der Waals surface area (Å²) in [6.45, 7) is 6.24. The van der Waals surface area contributed by atoms with Crippen LogP contribution in [0.25, 0.3) is 0 Å². The highest BCUT2D eigenvalue weighted by Gasteiger charge is 2.49. The van der Waals surface area contributed by atoms with Crippen molar-refractivity contribution in [2.24, 2.45) is 0 Å². The second kappa shape index (κ2) is 8.03. The molecule has 176 valence electrons. The molecule has 0 bridgehead atoms. The number of fused-ring (bicyclic) bond motifs is 2. The van der Waals surface area contributed by atoms with Crippen molar-refractivity contribution >= 4 is 28.9 Å². The van der Waals surface area contributed by atoms with E-state index in [1.807, 2.05) is 54.3 Å². The summed E-state index contributed by atoms with van der Waals surface area (Å²) < 4.78 is 6.18. The number of halogens is 1. The summed E-state index contributed by atoms with van der Waals surface area (Å²) in [7, 11) is 0. The fourth-order valence-electron chi connectivity index (χ4n) is 5.18. The van der Waals surface area contributed by atoms with Crippen LogP contribution < -0.4 is 9.64 Å². The van der Waals surface area contributed by atoms with E-state index in [4.69, 9.17) is 21.4 Å². The molecule has 0 saturated heterocycles. The van der Waals surface area contributed by atoms with Gasteiger partial charge in [-0.1, -0.05) is 35.9 Å². The zero-order valence-corrected chi connectivity index (χ0v) is 20.3. The maximum absolute atomic E-state index is 11.8. The number of carboxylic acids is 1. The minimum absolute atomic E-state index is 0.0409. The van der Waals surface area contributed by atoms with Gasteiger partial charge >= 0.3 is 5.97 Å². The minimum atomic E-state index is -0.884. The van der Waals surface area contributed by atoms with Crippen LogP contribution in [0, 0.1) is 0 Å². The zero-order chi connectivity index (χ0) is 24.3. The molecular formula is C28H28ClNO4. The molecule has 0 spiro atoms. The van der Waals surface area contributed by atoms with E-state index in [2.05, 4.69) is 19.9 Å². The fraction of sp³-hybridized carbons (Fsp3) is 0.321. The third-order valence-electron chi connectivity index (χ3n) is 7.15. The van der Waals surface area contributed by atoms with E-state index in [-0.39, 0.29) is 12.0 Å². The second-order valence-electron chi connectivity index (χ2n) is 10.0. The summed E-state index contributed by atoms with van der Waals surface area (Å²) in [5, 5.41) is 21.5. The molecule has 2 aliphatic rings. The van der Waals surface area contributed by atoms with Crippen LogP contribution in [0.5, 0.6) is 5.75 Å². The Morgan fingerprint density at radius 1 is 1.09 bits per heavy atom. The van der Waals surface area contributed by atoms with Crippen LogP contribution in [-0.2, 0) is 23.1 Å². The number of benzene rings is 3. The van der Waals surface area contributed by atoms with Crippen molar-refractivity contribution in [1.82, 2.24) is 0 Å². The lowest BCUT2D eigenvalue weighted by atomic mass is 9.75. The Bertz CT molecular complexity index is 1270. The van der Waals surface area contributed by atoms with Gasteiger partial charge in [-0.05, 0) is 92.3 Å². The summed E-state index contributed by atoms with van der Waals surface area (Å²) in [6, 6.07) is 19.2. The molecule has 3 aromatic rings. The third kappa shape index (κ3) is 3.73. The van der Waals surface area contributed by atoms with Crippen molar-refractivity contribution in [2.45, 2.75) is 57.3 Å². The Hall–Kier alpha value is -3.02. The average molecular weight is 478 g/mol. The quantitative estimate of drug-likeness (QED) is 0.493. The number of anilines is 2. The van der Waals surface area contributed by atoms with Gasteiger partial charge < -0.3 is 19.8 Å². The summed E-state index contributed by atoms with van der Waals surface area (Å²) >= 11 is 6.42. The first-order valence-electron chi connectivity index (χ1n) is 11.5. The second-order valence-corrected chi connectivity index (χ2v) is 10.5. The molecule has 34 heavy (non-hydrogen) atoms. The molecule has 0 radical (unpaired) electrons. The summed E-state index contributed by atoms with van der Waals surface area (Å²) in [4.78, 5) is 13.0. The number of carboxylic acid groups (broad SMARTS) is 1. The molecule has 0 aliphatic carbocycles. The normalized spacial score (nSPS) is 22.6. The number of nitrogens with zero attached hydrogens (tertiary/aromatic N) is 1. The molecule has 0 aromatic heterocycles. The zero-order valence-electron chi connectivity index (χ0n) is 19.5. The average Bonchev–Trinajstić information content (AvgIpc) is 3.00. The first kappa shape index (κ1) is 22.8. The Balaban J connectivity index is 1.59. The lowest BCUT2D eigenvalue weighted by Gasteiger charge is -2.36. The van der Waals surface area contributed by atoms with Crippen molar-refractivity contribution in [3.63, 3.8) is 0 Å². The van der Waals surface area contributed by atoms with Gasteiger partial charge in [0, 0.05) is 16.4 Å². The van der Waals surface area contributed by atoms with E-state index < -0.39 is 17.6 Å². The lowest BCUT2D eigenvalue weighted by Crippen LogP contribution is -2.42. The van der Waals surface area contributed by atoms with Crippen LogP contribution in [0.1, 0.15) is 49.4 Å². The monoisotopic (exact) mass is 477 g/mol. The van der Waals surface area contributed by atoms with E-state index >= 15 is 0 Å². The molecule has 0 amide bonds. The standard InChI is InChI=1S/C28H28ClNO4/c1-27(2)13-12-18-15-19(6-11-24(18)34-27)28(3)22-16-20(29)7-10-23(22)30(26(28)33)21-8-4-17(5-9-21)14-25(31)32/h4-11,15-16,26,33H,12-14H2,1-3H3,(H,31,32)/t26?,28-/m0/s1. The Morgan fingerprint density at radius 3 is 2.53 bits per heavy atom. The molecule has 0 fully saturated rings. The summed E-state index contributed by atoms with van der Waals surface area (Å²) in [5.74, 6) is 0.0228. The molecule has 5 nitrogen and oxygen atoms in total. The van der Waals surface area contributed by atoms with Crippen LogP contribution in [0.15, 0.2) is 60.7 Å². The van der Waals surface area contributed by atoms with Gasteiger partial charge in [-0.15, -0.1) is 0 Å². The Morgan fingerprint density at radius 2 is 1.82 bits per heavy atom. The molecule has 3 aromatic carbocycles. The fourth-order valence-corrected chi connectivity index (χ4v) is 5.35. The topological polar surface area (TPSA) is 70.0 Å². The van der Waals surface area contributed by atoms with E-state index in [1.54, 1.807) is 12.1 Å². The first-order valence-corrected chi connectivity index (χ1v) is 11.9. The number of aryl methyl sites for hydroxylation is 1. The van der Waals surface area contributed by atoms with Gasteiger partial charge in [-0.25, -0.2) is 0 Å². The molecule has 6 heteroatoms. The van der Waals surface area contributed by atoms with Crippen LogP contribution >= 0.6 is 11.6 Å². The Kier molecular flexibility index (Phi) is 5.38. The van der Waals surface area contributed by atoms with Gasteiger partial charge in [0.25, 0.3) is 0 Å². The maximum atomic E-state index is 11.8. The van der Waals surface area contributed by atoms with Crippen molar-refractivity contribution in [2.75, 3.05) is 4.90 Å². The number of rotatable bonds is 4. The van der Waals surface area contributed by atoms with Gasteiger partial charge in [0.2, 0.25) is 0 Å². The van der Waals surface area contributed by atoms with Crippen molar-refractivity contribution in [3.05, 3.63) is 87.9 Å². The van der Waals surface area contributed by atoms with Gasteiger partial charge in [0.1, 0.15) is 17.6 Å². The number of aliphatic hydroxyl groups excluding tert-OH is 1. The van der Waals surface area contributed by atoms with Gasteiger partial charge in [0.05, 0.1) is 11.8 Å². The highest BCUT2D eigenvalue weighted by molar-refractivity contribution is 6.30. The number of hydrogen-bond acceptors (Lipinski definition) is 4. The molecular weight excluding hydrogens is 450 g/mol. The van der Waals surface area contributed by atoms with E-state index in [0.29, 0.717) is 10.6 Å². The minimum Gasteiger partial charge on any atom is -0.488 e. The highest BCUT2D eigenvalue weighted by atomic mass is 35.5. The summed E-state index contributed by atoms with van der Waals surface area (Å²) in [6.07, 6.45) is 0.922. The van der Waals surface area contributed by atoms with Crippen LogP contribution in [0.4, 0.5) is 11.4 Å². The molecule has 2 N–H and O–H groups in total. The number of aliphatic hydroxyl groups is 1. The summed E-state index contributed by atoms with van der Waals surface area (Å²) in [5.41, 5.74) is 4.54. The van der Waals surface area contributed by atoms with E-state index in [0.717, 1.165) is 46.7 Å². The predicted octanol–water partition coefficient (Wildman–Crippen LogP) is 5.85. The van der Waals surface area contributed by atoms with E-state index in [1.165, 1.54) is 0 Å². The van der Waals surface area contributed by atoms with Crippen molar-refractivity contribution in [1.29, 1.82) is 0 Å². The lowest BCUT2D eigenvalue weighted by molar-refractivity contribution is -0.136. The van der Waals surface area contributed by atoms with Crippen LogP contribution in [0.2, 0.25) is 5.02 Å². The van der Waals surface area contributed by atoms with Crippen molar-refractivity contribution in [3.8, 4) is 5.75 Å². The van der Waals surface area contributed by atoms with Gasteiger partial charge in [-0.2, -0.15) is 0 Å². The molecule has 2 aliphatic heterocycles. The third-order valence-corrected chi connectivity index (χ3v) is 7.39. The predicted molar refractivity (Wildman–Crippen MR) is 133 cm³/mol. The molecule has 2 atom stereocenters. The number of carbonyl (C=O) groups is 1. The highest BCUT2D eigenvalue weighted by Crippen LogP contribution is 2.52. The number of hydrogen-bond donors (Lipinski definition) is 2. The van der Waals surface area contributed by atoms with Crippen molar-refractivity contribution < 1.29 is 19.7 Å². The molecule has 0 saturated carbocycles. The van der Waals surface area contributed by atoms with Gasteiger partial charge in [0.15, 0.2) is 0 Å². The number of aliphatic carboxylic acids is 1. The van der Waals surface area contributed by atoms with E-state index in [9.17, 15) is 9.90 Å². The SMILES string of the molecule is CC1(C)CCc2cc([C@@]3(C)c4cc(Cl)ccc4N(c4ccc(CC(=O)O)cc4)C3O)ccc2O1. The van der Waals surface area contributed by atoms with Crippen LogP contribution in [-0.4, -0.2) is 28.0 Å². The smallest absolute Gasteiger partial charge is 0.307 e. The largest absolute Gasteiger partial charge is 0.488 e. The maximum Gasteiger partial charge on any atom is 0.307 e.